The van der Waals surface area contributed by atoms with Crippen molar-refractivity contribution in [2.75, 3.05) is 6.16 Å². The Morgan fingerprint density at radius 3 is 2.54 bits per heavy atom. The van der Waals surface area contributed by atoms with Gasteiger partial charge in [-0.2, -0.15) is 4.20 Å². The summed E-state index contributed by atoms with van der Waals surface area (Å²) in [5, 5.41) is 0. The van der Waals surface area contributed by atoms with Crippen molar-refractivity contribution >= 4 is 7.68 Å². The molecule has 1 unspecified atom stereocenters. The van der Waals surface area contributed by atoms with Crippen LogP contribution in [-0.2, 0) is 9.09 Å². The zero-order valence-corrected chi connectivity index (χ0v) is 9.06. The van der Waals surface area contributed by atoms with Crippen molar-refractivity contribution in [1.82, 2.24) is 0 Å². The molecule has 0 radical (unpaired) electrons. The molecule has 0 bridgehead atoms. The second-order valence-electron chi connectivity index (χ2n) is 3.68. The highest BCUT2D eigenvalue weighted by Crippen LogP contribution is 2.51. The van der Waals surface area contributed by atoms with Gasteiger partial charge in [-0.25, -0.2) is 0 Å². The van der Waals surface area contributed by atoms with Crippen molar-refractivity contribution in [3.63, 3.8) is 0 Å². The van der Waals surface area contributed by atoms with Gasteiger partial charge in [-0.15, -0.1) is 0 Å². The predicted octanol–water partition coefficient (Wildman–Crippen LogP) is 3.91. The summed E-state index contributed by atoms with van der Waals surface area (Å²) in [6.45, 7) is 1.82. The summed E-state index contributed by atoms with van der Waals surface area (Å²) < 4.78 is 29.4. The third-order valence-corrected chi connectivity index (χ3v) is 3.94. The van der Waals surface area contributed by atoms with Gasteiger partial charge in [-0.05, 0) is 19.3 Å². The number of rotatable bonds is 4. The average Bonchev–Trinajstić information content (AvgIpc) is 2.04. The molecule has 13 heavy (non-hydrogen) atoms. The van der Waals surface area contributed by atoms with Crippen molar-refractivity contribution in [3.05, 3.63) is 0 Å². The van der Waals surface area contributed by atoms with Gasteiger partial charge in [-0.3, -0.25) is 4.57 Å². The van der Waals surface area contributed by atoms with Crippen LogP contribution in [0.5, 0.6) is 0 Å². The predicted molar refractivity (Wildman–Crippen MR) is 51.8 cm³/mol. The lowest BCUT2D eigenvalue weighted by Crippen LogP contribution is -2.14. The summed E-state index contributed by atoms with van der Waals surface area (Å²) in [5.74, 6) is 0. The van der Waals surface area contributed by atoms with E-state index in [1.807, 2.05) is 6.92 Å². The highest BCUT2D eigenvalue weighted by Gasteiger charge is 2.26. The molecule has 0 spiro atoms. The first-order chi connectivity index (χ1) is 6.14. The maximum atomic E-state index is 13.2. The second-order valence-corrected chi connectivity index (χ2v) is 5.52. The van der Waals surface area contributed by atoms with E-state index in [-0.39, 0.29) is 12.3 Å². The molecule has 1 rings (SSSR count). The highest BCUT2D eigenvalue weighted by molar-refractivity contribution is 7.53. The fourth-order valence-corrected chi connectivity index (χ4v) is 3.01. The standard InChI is InChI=1S/C9H18FO2P/c1-2-8-13(10,11)12-9-6-4-3-5-7-9/h9H,2-8H2,1H3. The van der Waals surface area contributed by atoms with Crippen LogP contribution in [0.2, 0.25) is 0 Å². The van der Waals surface area contributed by atoms with Crippen LogP contribution in [0.3, 0.4) is 0 Å². The van der Waals surface area contributed by atoms with E-state index >= 15 is 0 Å². The molecule has 0 aliphatic heterocycles. The summed E-state index contributed by atoms with van der Waals surface area (Å²) in [5.41, 5.74) is 0. The molecule has 2 nitrogen and oxygen atoms in total. The van der Waals surface area contributed by atoms with Crippen molar-refractivity contribution < 1.29 is 13.3 Å². The number of hydrogen-bond acceptors (Lipinski definition) is 2. The SMILES string of the molecule is CCCP(=O)(F)OC1CCCCC1. The third-order valence-electron chi connectivity index (χ3n) is 2.35. The number of halogens is 1. The normalized spacial score (nSPS) is 24.2. The van der Waals surface area contributed by atoms with Gasteiger partial charge in [0.2, 0.25) is 0 Å². The zero-order chi connectivity index (χ0) is 9.73. The van der Waals surface area contributed by atoms with Crippen LogP contribution in [0.1, 0.15) is 45.4 Å². The Hall–Kier alpha value is 0.120. The minimum Gasteiger partial charge on any atom is -0.302 e. The van der Waals surface area contributed by atoms with Crippen LogP contribution in [0.4, 0.5) is 4.20 Å². The summed E-state index contributed by atoms with van der Waals surface area (Å²) in [6, 6.07) is 0. The molecular weight excluding hydrogens is 190 g/mol. The minimum absolute atomic E-state index is 0.0729. The lowest BCUT2D eigenvalue weighted by molar-refractivity contribution is 0.146. The van der Waals surface area contributed by atoms with Gasteiger partial charge in [0, 0.05) is 0 Å². The van der Waals surface area contributed by atoms with Gasteiger partial charge >= 0.3 is 7.68 Å². The fourth-order valence-electron chi connectivity index (χ4n) is 1.71. The molecule has 1 aliphatic carbocycles. The van der Waals surface area contributed by atoms with E-state index < -0.39 is 7.68 Å². The van der Waals surface area contributed by atoms with Crippen molar-refractivity contribution in [2.45, 2.75) is 51.6 Å². The van der Waals surface area contributed by atoms with Gasteiger partial charge in [-0.1, -0.05) is 26.2 Å². The Kier molecular flexibility index (Phi) is 4.40. The van der Waals surface area contributed by atoms with Crippen molar-refractivity contribution in [1.29, 1.82) is 0 Å². The maximum Gasteiger partial charge on any atom is 0.367 e. The Morgan fingerprint density at radius 2 is 2.00 bits per heavy atom. The summed E-state index contributed by atoms with van der Waals surface area (Å²) in [7, 11) is -3.76. The highest BCUT2D eigenvalue weighted by atomic mass is 31.2. The lowest BCUT2D eigenvalue weighted by Gasteiger charge is -2.23. The lowest BCUT2D eigenvalue weighted by atomic mass is 9.98. The molecule has 0 saturated heterocycles. The van der Waals surface area contributed by atoms with E-state index in [1.165, 1.54) is 6.42 Å². The molecule has 0 amide bonds. The molecule has 0 N–H and O–H groups in total. The summed E-state index contributed by atoms with van der Waals surface area (Å²) in [4.78, 5) is 0. The first kappa shape index (κ1) is 11.2. The van der Waals surface area contributed by atoms with Gasteiger partial charge in [0.15, 0.2) is 0 Å². The zero-order valence-electron chi connectivity index (χ0n) is 8.17. The van der Waals surface area contributed by atoms with Crippen LogP contribution in [0.15, 0.2) is 0 Å². The van der Waals surface area contributed by atoms with Crippen molar-refractivity contribution in [3.8, 4) is 0 Å². The van der Waals surface area contributed by atoms with Gasteiger partial charge in [0.1, 0.15) is 0 Å². The molecule has 78 valence electrons. The molecule has 1 aliphatic rings. The van der Waals surface area contributed by atoms with E-state index in [0.29, 0.717) is 6.42 Å². The third kappa shape index (κ3) is 4.24. The van der Waals surface area contributed by atoms with Crippen molar-refractivity contribution in [2.24, 2.45) is 0 Å². The Morgan fingerprint density at radius 1 is 1.38 bits per heavy atom. The maximum absolute atomic E-state index is 13.2. The molecule has 1 atom stereocenters. The Bertz CT molecular complexity index is 190. The molecule has 4 heteroatoms. The second kappa shape index (κ2) is 5.11. The number of hydrogen-bond donors (Lipinski definition) is 0. The van der Waals surface area contributed by atoms with Crippen LogP contribution in [0, 0.1) is 0 Å². The Labute approximate surface area is 79.4 Å². The van der Waals surface area contributed by atoms with E-state index in [9.17, 15) is 8.76 Å². The minimum atomic E-state index is -3.76. The van der Waals surface area contributed by atoms with Crippen LogP contribution < -0.4 is 0 Å². The van der Waals surface area contributed by atoms with E-state index in [1.54, 1.807) is 0 Å². The molecule has 1 fully saturated rings. The van der Waals surface area contributed by atoms with Gasteiger partial charge in [0.05, 0.1) is 12.3 Å². The van der Waals surface area contributed by atoms with E-state index in [0.717, 1.165) is 25.7 Å². The summed E-state index contributed by atoms with van der Waals surface area (Å²) in [6.07, 6.45) is 5.67. The van der Waals surface area contributed by atoms with Gasteiger partial charge < -0.3 is 4.52 Å². The first-order valence-corrected chi connectivity index (χ1v) is 6.81. The largest absolute Gasteiger partial charge is 0.367 e. The molecule has 0 aromatic heterocycles. The first-order valence-electron chi connectivity index (χ1n) is 5.11. The molecular formula is C9H18FO2P. The van der Waals surface area contributed by atoms with E-state index in [4.69, 9.17) is 4.52 Å². The van der Waals surface area contributed by atoms with E-state index in [2.05, 4.69) is 0 Å². The monoisotopic (exact) mass is 208 g/mol. The topological polar surface area (TPSA) is 26.3 Å². The fraction of sp³-hybridized carbons (Fsp3) is 1.00. The smallest absolute Gasteiger partial charge is 0.302 e. The molecule has 0 heterocycles. The summed E-state index contributed by atoms with van der Waals surface area (Å²) >= 11 is 0. The average molecular weight is 208 g/mol. The van der Waals surface area contributed by atoms with Crippen LogP contribution in [-0.4, -0.2) is 12.3 Å². The molecule has 1 saturated carbocycles. The molecule has 0 aromatic carbocycles. The van der Waals surface area contributed by atoms with Crippen LogP contribution >= 0.6 is 7.68 Å². The molecule has 0 aromatic rings. The quantitative estimate of drug-likeness (QED) is 0.655. The van der Waals surface area contributed by atoms with Gasteiger partial charge in [0.25, 0.3) is 0 Å². The Balaban J connectivity index is 2.32. The van der Waals surface area contributed by atoms with Crippen LogP contribution in [0.25, 0.3) is 0 Å².